The Labute approximate surface area is 259 Å². The maximum Gasteiger partial charge on any atom is 0.360 e. The van der Waals surface area contributed by atoms with E-state index in [0.717, 1.165) is 9.79 Å². The lowest BCUT2D eigenvalue weighted by atomic mass is 10.0. The van der Waals surface area contributed by atoms with Crippen LogP contribution in [-0.2, 0) is 21.0 Å². The molecule has 7 nitrogen and oxygen atoms in total. The van der Waals surface area contributed by atoms with E-state index in [9.17, 15) is 18.4 Å². The summed E-state index contributed by atoms with van der Waals surface area (Å²) in [6.07, 6.45) is 0. The quantitative estimate of drug-likeness (QED) is 0.0364. The van der Waals surface area contributed by atoms with Crippen molar-refractivity contribution in [2.75, 3.05) is 14.2 Å². The second-order valence-corrected chi connectivity index (χ2v) is 11.8. The molecular weight excluding hydrogens is 608 g/mol. The lowest BCUT2D eigenvalue weighted by Crippen LogP contribution is -2.20. The van der Waals surface area contributed by atoms with Crippen LogP contribution in [-0.4, -0.2) is 25.9 Å². The number of hydrogen-bond acceptors (Lipinski definition) is 9. The number of methoxy groups -OCH3 is 1. The Balaban J connectivity index is 1.61. The normalized spacial score (nSPS) is 11.5. The number of nitrogens with zero attached hydrogens (tertiary/aromatic N) is 1. The number of carbonyl (C=O) groups excluding carboxylic acids is 1. The first-order chi connectivity index (χ1) is 21.4. The molecule has 224 valence electrons. The van der Waals surface area contributed by atoms with Crippen molar-refractivity contribution in [3.8, 4) is 5.75 Å². The lowest BCUT2D eigenvalue weighted by Gasteiger charge is -2.22. The Morgan fingerprint density at radius 2 is 1.45 bits per heavy atom. The van der Waals surface area contributed by atoms with E-state index in [4.69, 9.17) is 18.7 Å². The predicted molar refractivity (Wildman–Crippen MR) is 166 cm³/mol. The molecule has 0 aliphatic carbocycles. The van der Waals surface area contributed by atoms with Crippen LogP contribution in [0.3, 0.4) is 0 Å². The SMILES string of the molecule is CO/N=C(/C(=O)OC)c1ccccc1COc1ccc2ccc(=O)oc2c1C(Sc1ccc(F)cc1)Sc1ccc(F)cc1. The molecule has 0 radical (unpaired) electrons. The van der Waals surface area contributed by atoms with Crippen molar-refractivity contribution >= 4 is 46.2 Å². The van der Waals surface area contributed by atoms with Crippen LogP contribution in [0, 0.1) is 11.6 Å². The van der Waals surface area contributed by atoms with E-state index < -0.39 is 16.2 Å². The van der Waals surface area contributed by atoms with Gasteiger partial charge in [-0.3, -0.25) is 0 Å². The fourth-order valence-corrected chi connectivity index (χ4v) is 6.94. The van der Waals surface area contributed by atoms with Gasteiger partial charge in [0.2, 0.25) is 0 Å². The molecule has 4 aromatic carbocycles. The van der Waals surface area contributed by atoms with Crippen molar-refractivity contribution in [1.29, 1.82) is 0 Å². The van der Waals surface area contributed by atoms with Gasteiger partial charge in [0.1, 0.15) is 36.7 Å². The van der Waals surface area contributed by atoms with Crippen molar-refractivity contribution in [3.05, 3.63) is 136 Å². The Morgan fingerprint density at radius 3 is 2.07 bits per heavy atom. The van der Waals surface area contributed by atoms with Crippen LogP contribution in [0.25, 0.3) is 11.0 Å². The van der Waals surface area contributed by atoms with Crippen LogP contribution < -0.4 is 10.4 Å². The minimum atomic E-state index is -0.682. The van der Waals surface area contributed by atoms with Gasteiger partial charge in [0.15, 0.2) is 5.71 Å². The molecular formula is C33H25F2NO6S2. The summed E-state index contributed by atoms with van der Waals surface area (Å²) in [5.41, 5.74) is 1.36. The largest absolute Gasteiger partial charge is 0.488 e. The third-order valence-electron chi connectivity index (χ3n) is 6.35. The van der Waals surface area contributed by atoms with E-state index in [2.05, 4.69) is 5.16 Å². The van der Waals surface area contributed by atoms with Gasteiger partial charge in [-0.1, -0.05) is 29.4 Å². The molecule has 0 saturated carbocycles. The lowest BCUT2D eigenvalue weighted by molar-refractivity contribution is -0.132. The Kier molecular flexibility index (Phi) is 9.98. The average molecular weight is 634 g/mol. The van der Waals surface area contributed by atoms with Gasteiger partial charge in [-0.05, 0) is 72.3 Å². The fourth-order valence-electron chi connectivity index (χ4n) is 4.32. The first kappa shape index (κ1) is 30.8. The number of fused-ring (bicyclic) bond motifs is 1. The first-order valence-corrected chi connectivity index (χ1v) is 14.9. The molecule has 11 heteroatoms. The standard InChI is InChI=1S/C33H25F2NO6S2/c1-39-32(38)30(36-40-2)26-6-4-3-5-21(26)19-41-27-17-7-20-8-18-28(37)42-31(20)29(27)33(43-24-13-9-22(34)10-14-24)44-25-15-11-23(35)12-16-25/h3-18,33H,19H2,1-2H3/b36-30+. The van der Waals surface area contributed by atoms with Gasteiger partial charge in [0.25, 0.3) is 0 Å². The molecule has 0 fully saturated rings. The van der Waals surface area contributed by atoms with E-state index in [-0.39, 0.29) is 24.0 Å². The Bertz CT molecular complexity index is 1810. The zero-order valence-corrected chi connectivity index (χ0v) is 25.1. The number of thioether (sulfide) groups is 2. The highest BCUT2D eigenvalue weighted by Gasteiger charge is 2.26. The molecule has 0 aliphatic heterocycles. The molecule has 0 saturated heterocycles. The zero-order valence-electron chi connectivity index (χ0n) is 23.5. The van der Waals surface area contributed by atoms with Crippen molar-refractivity contribution < 1.29 is 32.3 Å². The molecule has 0 atom stereocenters. The van der Waals surface area contributed by atoms with Crippen LogP contribution in [0.15, 0.2) is 121 Å². The molecule has 0 aliphatic rings. The van der Waals surface area contributed by atoms with Crippen LogP contribution in [0.2, 0.25) is 0 Å². The second kappa shape index (κ2) is 14.2. The number of benzene rings is 4. The van der Waals surface area contributed by atoms with Crippen LogP contribution in [0.1, 0.15) is 21.3 Å². The summed E-state index contributed by atoms with van der Waals surface area (Å²) >= 11 is 2.78. The van der Waals surface area contributed by atoms with Crippen molar-refractivity contribution in [3.63, 3.8) is 0 Å². The first-order valence-electron chi connectivity index (χ1n) is 13.2. The van der Waals surface area contributed by atoms with Gasteiger partial charge >= 0.3 is 11.6 Å². The van der Waals surface area contributed by atoms with E-state index in [1.807, 2.05) is 0 Å². The minimum Gasteiger partial charge on any atom is -0.488 e. The number of carbonyl (C=O) groups is 1. The van der Waals surface area contributed by atoms with Gasteiger partial charge in [0.05, 0.1) is 17.3 Å². The third-order valence-corrected chi connectivity index (χ3v) is 8.92. The molecule has 0 N–H and O–H groups in total. The zero-order chi connectivity index (χ0) is 31.1. The number of halogens is 2. The van der Waals surface area contributed by atoms with E-state index >= 15 is 0 Å². The molecule has 0 unspecified atom stereocenters. The average Bonchev–Trinajstić information content (AvgIpc) is 3.04. The summed E-state index contributed by atoms with van der Waals surface area (Å²) in [5.74, 6) is -1.03. The summed E-state index contributed by atoms with van der Waals surface area (Å²) in [6.45, 7) is 0.000619. The summed E-state index contributed by atoms with van der Waals surface area (Å²) in [6, 6.07) is 25.6. The van der Waals surface area contributed by atoms with Gasteiger partial charge < -0.3 is 18.7 Å². The topological polar surface area (TPSA) is 87.3 Å². The number of ether oxygens (including phenoxy) is 2. The van der Waals surface area contributed by atoms with Gasteiger partial charge in [-0.2, -0.15) is 0 Å². The van der Waals surface area contributed by atoms with Crippen LogP contribution >= 0.6 is 23.5 Å². The monoisotopic (exact) mass is 633 g/mol. The van der Waals surface area contributed by atoms with Gasteiger partial charge in [0, 0.05) is 26.8 Å². The van der Waals surface area contributed by atoms with Crippen molar-refractivity contribution in [2.45, 2.75) is 21.0 Å². The second-order valence-electron chi connectivity index (χ2n) is 9.19. The summed E-state index contributed by atoms with van der Waals surface area (Å²) in [4.78, 5) is 31.3. The highest BCUT2D eigenvalue weighted by atomic mass is 32.2. The minimum absolute atomic E-state index is 0.000619. The fraction of sp³-hybridized carbons (Fsp3) is 0.121. The molecule has 44 heavy (non-hydrogen) atoms. The molecule has 5 rings (SSSR count). The third kappa shape index (κ3) is 7.29. The van der Waals surface area contributed by atoms with E-state index in [0.29, 0.717) is 33.4 Å². The Hall–Kier alpha value is -4.61. The smallest absolute Gasteiger partial charge is 0.360 e. The molecule has 1 aromatic heterocycles. The highest BCUT2D eigenvalue weighted by molar-refractivity contribution is 8.16. The molecule has 5 aromatic rings. The Morgan fingerprint density at radius 1 is 0.841 bits per heavy atom. The van der Waals surface area contributed by atoms with Crippen LogP contribution in [0.5, 0.6) is 5.75 Å². The summed E-state index contributed by atoms with van der Waals surface area (Å²) in [7, 11) is 2.58. The van der Waals surface area contributed by atoms with Crippen molar-refractivity contribution in [2.24, 2.45) is 5.16 Å². The van der Waals surface area contributed by atoms with E-state index in [1.165, 1.54) is 68.1 Å². The van der Waals surface area contributed by atoms with E-state index in [1.54, 1.807) is 66.7 Å². The maximum absolute atomic E-state index is 13.8. The predicted octanol–water partition coefficient (Wildman–Crippen LogP) is 7.76. The molecule has 0 spiro atoms. The molecule has 0 amide bonds. The highest BCUT2D eigenvalue weighted by Crippen LogP contribution is 2.52. The number of esters is 1. The number of oxime groups is 1. The molecule has 1 heterocycles. The number of hydrogen-bond donors (Lipinski definition) is 0. The summed E-state index contributed by atoms with van der Waals surface area (Å²) in [5, 5.41) is 4.52. The molecule has 0 bridgehead atoms. The van der Waals surface area contributed by atoms with Gasteiger partial charge in [-0.15, -0.1) is 23.5 Å². The number of rotatable bonds is 11. The van der Waals surface area contributed by atoms with Crippen molar-refractivity contribution in [1.82, 2.24) is 0 Å². The summed E-state index contributed by atoms with van der Waals surface area (Å²) < 4.78 is 44.0. The maximum atomic E-state index is 13.8. The van der Waals surface area contributed by atoms with Crippen LogP contribution in [0.4, 0.5) is 8.78 Å². The van der Waals surface area contributed by atoms with Gasteiger partial charge in [-0.25, -0.2) is 18.4 Å².